The number of carbonyl (C=O) groups is 1. The Hall–Kier alpha value is -1.78. The van der Waals surface area contributed by atoms with Gasteiger partial charge in [0, 0.05) is 10.2 Å². The Balaban J connectivity index is 2.13. The van der Waals surface area contributed by atoms with Crippen molar-refractivity contribution in [2.75, 3.05) is 5.32 Å². The van der Waals surface area contributed by atoms with Crippen molar-refractivity contribution < 1.29 is 4.79 Å². The number of hydrogen-bond acceptors (Lipinski definition) is 1. The fraction of sp³-hybridized carbons (Fsp3) is 0.211. The van der Waals surface area contributed by atoms with Crippen molar-refractivity contribution in [2.24, 2.45) is 0 Å². The molecule has 0 saturated heterocycles. The van der Waals surface area contributed by atoms with E-state index in [-0.39, 0.29) is 6.03 Å². The second kappa shape index (κ2) is 7.41. The molecule has 126 valence electrons. The number of halogens is 2. The summed E-state index contributed by atoms with van der Waals surface area (Å²) in [5, 5.41) is 6.33. The molecule has 2 rings (SSSR count). The lowest BCUT2D eigenvalue weighted by atomic mass is 9.92. The van der Waals surface area contributed by atoms with Crippen LogP contribution in [0.3, 0.4) is 0 Å². The highest BCUT2D eigenvalue weighted by atomic mass is 79.9. The number of allylic oxidation sites excluding steroid dienone is 1. The molecule has 0 saturated carbocycles. The van der Waals surface area contributed by atoms with Crippen LogP contribution in [-0.4, -0.2) is 6.03 Å². The van der Waals surface area contributed by atoms with Crippen LogP contribution in [0.1, 0.15) is 31.9 Å². The average Bonchev–Trinajstić information content (AvgIpc) is 2.50. The summed E-state index contributed by atoms with van der Waals surface area (Å²) in [4.78, 5) is 12.3. The Morgan fingerprint density at radius 2 is 1.92 bits per heavy atom. The zero-order chi connectivity index (χ0) is 17.9. The second-order valence-corrected chi connectivity index (χ2v) is 7.46. The molecule has 0 aromatic heterocycles. The number of hydrogen-bond donors (Lipinski definition) is 2. The molecule has 2 aromatic rings. The first-order valence-corrected chi connectivity index (χ1v) is 8.67. The first-order valence-electron chi connectivity index (χ1n) is 7.50. The summed E-state index contributed by atoms with van der Waals surface area (Å²) in [5.74, 6) is 0. The fourth-order valence-electron chi connectivity index (χ4n) is 2.27. The van der Waals surface area contributed by atoms with Crippen molar-refractivity contribution in [3.05, 3.63) is 69.7 Å². The summed E-state index contributed by atoms with van der Waals surface area (Å²) >= 11 is 9.37. The minimum absolute atomic E-state index is 0.292. The number of amides is 2. The third-order valence-electron chi connectivity index (χ3n) is 3.68. The van der Waals surface area contributed by atoms with E-state index >= 15 is 0 Å². The Morgan fingerprint density at radius 1 is 1.21 bits per heavy atom. The molecule has 3 nitrogen and oxygen atoms in total. The molecule has 2 N–H and O–H groups in total. The van der Waals surface area contributed by atoms with Crippen LogP contribution in [0.2, 0.25) is 5.02 Å². The number of carbonyl (C=O) groups excluding carboxylic acids is 1. The van der Waals surface area contributed by atoms with Gasteiger partial charge in [0.25, 0.3) is 0 Å². The monoisotopic (exact) mass is 406 g/mol. The van der Waals surface area contributed by atoms with Crippen LogP contribution >= 0.6 is 27.5 Å². The largest absolute Gasteiger partial charge is 0.329 e. The molecule has 0 bridgehead atoms. The average molecular weight is 408 g/mol. The maximum atomic E-state index is 12.3. The number of rotatable bonds is 4. The summed E-state index contributed by atoms with van der Waals surface area (Å²) in [6, 6.07) is 13.0. The highest BCUT2D eigenvalue weighted by Gasteiger charge is 2.23. The normalized spacial score (nSPS) is 11.0. The van der Waals surface area contributed by atoms with Crippen LogP contribution < -0.4 is 10.6 Å². The van der Waals surface area contributed by atoms with Gasteiger partial charge in [0.2, 0.25) is 0 Å². The van der Waals surface area contributed by atoms with Crippen molar-refractivity contribution in [2.45, 2.75) is 26.3 Å². The Kier molecular flexibility index (Phi) is 5.73. The van der Waals surface area contributed by atoms with Gasteiger partial charge in [0.05, 0.1) is 10.6 Å². The van der Waals surface area contributed by atoms with Crippen LogP contribution in [0.5, 0.6) is 0 Å². The summed E-state index contributed by atoms with van der Waals surface area (Å²) < 4.78 is 0.784. The van der Waals surface area contributed by atoms with E-state index in [9.17, 15) is 4.79 Å². The number of urea groups is 1. The number of benzene rings is 2. The molecule has 0 aliphatic carbocycles. The molecule has 5 heteroatoms. The molecule has 0 heterocycles. The van der Waals surface area contributed by atoms with Gasteiger partial charge in [-0.2, -0.15) is 0 Å². The zero-order valence-corrected chi connectivity index (χ0v) is 16.3. The molecule has 0 unspecified atom stereocenters. The lowest BCUT2D eigenvalue weighted by Gasteiger charge is -2.27. The van der Waals surface area contributed by atoms with Crippen molar-refractivity contribution >= 4 is 44.8 Å². The molecular formula is C19H20BrClN2O. The second-order valence-electron chi connectivity index (χ2n) is 6.19. The van der Waals surface area contributed by atoms with Crippen LogP contribution in [0.15, 0.2) is 53.5 Å². The SMILES string of the molecule is C=C(C)c1cccc(C(C)(C)NC(=O)Nc2ccc(Br)c(Cl)c2)c1. The lowest BCUT2D eigenvalue weighted by Crippen LogP contribution is -2.43. The molecule has 0 aliphatic rings. The van der Waals surface area contributed by atoms with Gasteiger partial charge in [-0.3, -0.25) is 0 Å². The van der Waals surface area contributed by atoms with Gasteiger partial charge < -0.3 is 10.6 Å². The van der Waals surface area contributed by atoms with Gasteiger partial charge >= 0.3 is 6.03 Å². The molecule has 0 spiro atoms. The fourth-order valence-corrected chi connectivity index (χ4v) is 2.69. The first kappa shape index (κ1) is 18.6. The van der Waals surface area contributed by atoms with E-state index in [1.54, 1.807) is 18.2 Å². The van der Waals surface area contributed by atoms with Crippen molar-refractivity contribution in [3.8, 4) is 0 Å². The van der Waals surface area contributed by atoms with E-state index in [2.05, 4.69) is 33.1 Å². The Morgan fingerprint density at radius 3 is 2.54 bits per heavy atom. The highest BCUT2D eigenvalue weighted by molar-refractivity contribution is 9.10. The van der Waals surface area contributed by atoms with E-state index in [4.69, 9.17) is 11.6 Å². The highest BCUT2D eigenvalue weighted by Crippen LogP contribution is 2.26. The quantitative estimate of drug-likeness (QED) is 0.623. The molecule has 2 amide bonds. The van der Waals surface area contributed by atoms with Gasteiger partial charge in [0.1, 0.15) is 0 Å². The van der Waals surface area contributed by atoms with Gasteiger partial charge in [0.15, 0.2) is 0 Å². The Labute approximate surface area is 156 Å². The van der Waals surface area contributed by atoms with Gasteiger partial charge in [-0.25, -0.2) is 4.79 Å². The molecule has 2 aromatic carbocycles. The van der Waals surface area contributed by atoms with Crippen molar-refractivity contribution in [3.63, 3.8) is 0 Å². The predicted octanol–water partition coefficient (Wildman–Crippen LogP) is 6.19. The lowest BCUT2D eigenvalue weighted by molar-refractivity contribution is 0.242. The molecule has 0 atom stereocenters. The predicted molar refractivity (Wildman–Crippen MR) is 105 cm³/mol. The third kappa shape index (κ3) is 4.62. The standard InChI is InChI=1S/C19H20BrClN2O/c1-12(2)13-6-5-7-14(10-13)19(3,4)23-18(24)22-15-8-9-16(20)17(21)11-15/h5-11H,1H2,2-4H3,(H2,22,23,24). The minimum atomic E-state index is -0.533. The van der Waals surface area contributed by atoms with Crippen LogP contribution in [-0.2, 0) is 5.54 Å². The maximum Gasteiger partial charge on any atom is 0.319 e. The van der Waals surface area contributed by atoms with Crippen LogP contribution in [0, 0.1) is 0 Å². The maximum absolute atomic E-state index is 12.3. The van der Waals surface area contributed by atoms with Gasteiger partial charge in [-0.15, -0.1) is 0 Å². The minimum Gasteiger partial charge on any atom is -0.329 e. The zero-order valence-electron chi connectivity index (χ0n) is 13.9. The summed E-state index contributed by atoms with van der Waals surface area (Å²) in [5.41, 5.74) is 3.15. The first-order chi connectivity index (χ1) is 11.2. The number of nitrogens with one attached hydrogen (secondary N) is 2. The van der Waals surface area contributed by atoms with E-state index in [0.717, 1.165) is 21.2 Å². The van der Waals surface area contributed by atoms with Crippen molar-refractivity contribution in [1.82, 2.24) is 5.32 Å². The van der Waals surface area contributed by atoms with E-state index in [1.807, 2.05) is 45.0 Å². The smallest absolute Gasteiger partial charge is 0.319 e. The number of anilines is 1. The third-order valence-corrected chi connectivity index (χ3v) is 4.91. The molecule has 0 fully saturated rings. The van der Waals surface area contributed by atoms with E-state index in [0.29, 0.717) is 10.7 Å². The summed E-state index contributed by atoms with van der Waals surface area (Å²) in [7, 11) is 0. The summed E-state index contributed by atoms with van der Waals surface area (Å²) in [6.45, 7) is 9.84. The van der Waals surface area contributed by atoms with Gasteiger partial charge in [-0.05, 0) is 72.1 Å². The molecule has 0 radical (unpaired) electrons. The van der Waals surface area contributed by atoms with Crippen molar-refractivity contribution in [1.29, 1.82) is 0 Å². The van der Waals surface area contributed by atoms with Crippen LogP contribution in [0.25, 0.3) is 5.57 Å². The molecular weight excluding hydrogens is 388 g/mol. The molecule has 24 heavy (non-hydrogen) atoms. The van der Waals surface area contributed by atoms with E-state index in [1.165, 1.54) is 0 Å². The van der Waals surface area contributed by atoms with Gasteiger partial charge in [-0.1, -0.05) is 42.0 Å². The Bertz CT molecular complexity index is 787. The van der Waals surface area contributed by atoms with Crippen LogP contribution in [0.4, 0.5) is 10.5 Å². The molecule has 0 aliphatic heterocycles. The summed E-state index contributed by atoms with van der Waals surface area (Å²) in [6.07, 6.45) is 0. The van der Waals surface area contributed by atoms with E-state index < -0.39 is 5.54 Å². The topological polar surface area (TPSA) is 41.1 Å².